The molecule has 0 spiro atoms. The van der Waals surface area contributed by atoms with Crippen molar-refractivity contribution in [2.75, 3.05) is 14.2 Å². The molecule has 0 N–H and O–H groups in total. The van der Waals surface area contributed by atoms with Gasteiger partial charge in [-0.05, 0) is 0 Å². The fourth-order valence-corrected chi connectivity index (χ4v) is 13.5. The van der Waals surface area contributed by atoms with Crippen molar-refractivity contribution >= 4 is 31.1 Å². The minimum absolute atomic E-state index is 0.492. The van der Waals surface area contributed by atoms with Crippen LogP contribution < -0.4 is 0 Å². The van der Waals surface area contributed by atoms with Crippen molar-refractivity contribution < 1.29 is 25.2 Å². The Morgan fingerprint density at radius 2 is 1.06 bits per heavy atom. The van der Waals surface area contributed by atoms with Crippen molar-refractivity contribution in [3.8, 4) is 0 Å². The van der Waals surface area contributed by atoms with Gasteiger partial charge in [-0.15, -0.1) is 0 Å². The van der Waals surface area contributed by atoms with Crippen molar-refractivity contribution in [3.63, 3.8) is 0 Å². The number of hydrogen-bond acceptors (Lipinski definition) is 6. The molecule has 0 heterocycles. The summed E-state index contributed by atoms with van der Waals surface area (Å²) in [6, 6.07) is 18.5. The molecule has 0 aliphatic heterocycles. The van der Waals surface area contributed by atoms with Crippen molar-refractivity contribution in [1.29, 1.82) is 0 Å². The average Bonchev–Trinajstić information content (AvgIpc) is 2.83. The zero-order chi connectivity index (χ0) is 24.1. The Hall–Kier alpha value is -1.90. The molecule has 0 aliphatic rings. The van der Waals surface area contributed by atoms with E-state index in [4.69, 9.17) is 15.6 Å². The monoisotopic (exact) mass is 564 g/mol. The molecule has 33 heavy (non-hydrogen) atoms. The molecule has 0 fully saturated rings. The van der Waals surface area contributed by atoms with Crippen LogP contribution in [0.1, 0.15) is 62.9 Å². The number of hydrogen-bond donors (Lipinski definition) is 0. The summed E-state index contributed by atoms with van der Waals surface area (Å²) in [4.78, 5) is 26.6. The van der Waals surface area contributed by atoms with Crippen molar-refractivity contribution in [2.24, 2.45) is 0 Å². The Balaban J connectivity index is 2.33. The van der Waals surface area contributed by atoms with Crippen LogP contribution in [-0.2, 0) is 25.2 Å². The minimum atomic E-state index is -4.20. The van der Waals surface area contributed by atoms with Crippen LogP contribution in [0.5, 0.6) is 0 Å². The predicted molar refractivity (Wildman–Crippen MR) is 130 cm³/mol. The zero-order valence-corrected chi connectivity index (χ0v) is 23.0. The van der Waals surface area contributed by atoms with Gasteiger partial charge in [0.25, 0.3) is 0 Å². The summed E-state index contributed by atoms with van der Waals surface area (Å²) in [5.41, 5.74) is 1.42. The first kappa shape index (κ1) is 27.3. The van der Waals surface area contributed by atoms with Gasteiger partial charge in [-0.2, -0.15) is 0 Å². The van der Waals surface area contributed by atoms with Gasteiger partial charge in [0.2, 0.25) is 0 Å². The van der Waals surface area contributed by atoms with Crippen molar-refractivity contribution in [2.45, 2.75) is 60.6 Å². The molecule has 2 rings (SSSR count). The van der Waals surface area contributed by atoms with Crippen LogP contribution in [0.25, 0.3) is 0 Å². The van der Waals surface area contributed by atoms with E-state index < -0.39 is 43.4 Å². The van der Waals surface area contributed by atoms with E-state index in [1.54, 1.807) is 0 Å². The number of carbonyl (C=O) groups is 2. The summed E-state index contributed by atoms with van der Waals surface area (Å²) >= 11 is -4.20. The summed E-state index contributed by atoms with van der Waals surface area (Å²) in [5, 5.41) is 0. The standard InChI is InChI=1S/2C9H10O3.2C4H9.Sn/c2*1-12-8(9(10)11)7-5-3-2-4-6-7;2*1-3-4-2;/h2*2-6,8H,1H3,(H,10,11);2*1,3-4H2,2H3;/q;;;;+2/p-2/t2*8-;;;/m00.../s1. The van der Waals surface area contributed by atoms with E-state index in [0.29, 0.717) is 20.0 Å². The molecular weight excluding hydrogens is 527 g/mol. The summed E-state index contributed by atoms with van der Waals surface area (Å²) < 4.78 is 24.6. The molecule has 0 aliphatic carbocycles. The molecule has 0 bridgehead atoms. The van der Waals surface area contributed by atoms with Gasteiger partial charge in [0.1, 0.15) is 0 Å². The Morgan fingerprint density at radius 1 is 0.697 bits per heavy atom. The van der Waals surface area contributed by atoms with Crippen LogP contribution in [0.3, 0.4) is 0 Å². The number of rotatable bonds is 14. The van der Waals surface area contributed by atoms with E-state index in [1.165, 1.54) is 14.2 Å². The van der Waals surface area contributed by atoms with E-state index in [-0.39, 0.29) is 0 Å². The second-order valence-electron chi connectivity index (χ2n) is 8.01. The second-order valence-corrected chi connectivity index (χ2v) is 17.2. The summed E-state index contributed by atoms with van der Waals surface area (Å²) in [5.74, 6) is -0.985. The fourth-order valence-electron chi connectivity index (χ4n) is 3.71. The topological polar surface area (TPSA) is 71.1 Å². The molecule has 0 saturated heterocycles. The maximum atomic E-state index is 13.3. The molecule has 2 aromatic rings. The van der Waals surface area contributed by atoms with Crippen molar-refractivity contribution in [1.82, 2.24) is 0 Å². The molecule has 0 radical (unpaired) electrons. The van der Waals surface area contributed by atoms with Crippen LogP contribution in [0.15, 0.2) is 60.7 Å². The SMILES string of the molecule is CCC[CH2][Sn]([CH2]CCC)([O]C(=O)[C@@H](OC)c1ccccc1)[O]C(=O)[C@@H](OC)c1ccccc1. The molecule has 0 amide bonds. The van der Waals surface area contributed by atoms with E-state index in [2.05, 4.69) is 13.8 Å². The first-order valence-electron chi connectivity index (χ1n) is 11.6. The number of unbranched alkanes of at least 4 members (excludes halogenated alkanes) is 2. The van der Waals surface area contributed by atoms with Crippen molar-refractivity contribution in [3.05, 3.63) is 71.8 Å². The summed E-state index contributed by atoms with van der Waals surface area (Å²) in [7, 11) is 2.97. The van der Waals surface area contributed by atoms with Gasteiger partial charge in [0, 0.05) is 0 Å². The molecule has 180 valence electrons. The third kappa shape index (κ3) is 8.12. The first-order valence-corrected chi connectivity index (χ1v) is 18.0. The first-order chi connectivity index (χ1) is 16.0. The molecule has 2 aromatic carbocycles. The Labute approximate surface area is 202 Å². The number of carbonyl (C=O) groups excluding carboxylic acids is 2. The molecular formula is C26H36O6Sn. The zero-order valence-electron chi connectivity index (χ0n) is 20.1. The maximum absolute atomic E-state index is 13.3. The molecule has 0 unspecified atom stereocenters. The Morgan fingerprint density at radius 3 is 1.36 bits per heavy atom. The summed E-state index contributed by atoms with van der Waals surface area (Å²) in [6.07, 6.45) is 1.75. The van der Waals surface area contributed by atoms with Gasteiger partial charge in [0.05, 0.1) is 0 Å². The Bertz CT molecular complexity index is 771. The van der Waals surface area contributed by atoms with E-state index >= 15 is 0 Å². The van der Waals surface area contributed by atoms with Crippen LogP contribution in [0.4, 0.5) is 0 Å². The molecule has 2 atom stereocenters. The van der Waals surface area contributed by atoms with Gasteiger partial charge >= 0.3 is 203 Å². The number of ether oxygens (including phenoxy) is 2. The van der Waals surface area contributed by atoms with E-state index in [1.807, 2.05) is 60.7 Å². The molecule has 7 heteroatoms. The number of benzene rings is 2. The number of methoxy groups -OCH3 is 2. The average molecular weight is 563 g/mol. The van der Waals surface area contributed by atoms with Gasteiger partial charge in [-0.1, -0.05) is 0 Å². The van der Waals surface area contributed by atoms with Gasteiger partial charge in [-0.25, -0.2) is 0 Å². The van der Waals surface area contributed by atoms with Crippen LogP contribution in [0.2, 0.25) is 8.87 Å². The van der Waals surface area contributed by atoms with Gasteiger partial charge < -0.3 is 0 Å². The van der Waals surface area contributed by atoms with E-state index in [9.17, 15) is 9.59 Å². The third-order valence-electron chi connectivity index (χ3n) is 5.50. The van der Waals surface area contributed by atoms with E-state index in [0.717, 1.165) is 25.7 Å². The Kier molecular flexibility index (Phi) is 11.9. The van der Waals surface area contributed by atoms with Crippen LogP contribution in [-0.4, -0.2) is 45.4 Å². The van der Waals surface area contributed by atoms with Crippen LogP contribution in [0, 0.1) is 0 Å². The van der Waals surface area contributed by atoms with Gasteiger partial charge in [-0.3, -0.25) is 0 Å². The van der Waals surface area contributed by atoms with Crippen LogP contribution >= 0.6 is 0 Å². The summed E-state index contributed by atoms with van der Waals surface area (Å²) in [6.45, 7) is 4.15. The quantitative estimate of drug-likeness (QED) is 0.267. The molecule has 0 saturated carbocycles. The third-order valence-corrected chi connectivity index (χ3v) is 15.1. The normalized spacial score (nSPS) is 13.2. The molecule has 0 aromatic heterocycles. The second kappa shape index (κ2) is 14.4. The fraction of sp³-hybridized carbons (Fsp3) is 0.462. The van der Waals surface area contributed by atoms with Gasteiger partial charge in [0.15, 0.2) is 0 Å². The predicted octanol–water partition coefficient (Wildman–Crippen LogP) is 5.89. The molecule has 6 nitrogen and oxygen atoms in total.